The maximum Gasteiger partial charge on any atom is 0.318 e. The number of aromatic nitrogens is 3. The van der Waals surface area contributed by atoms with Crippen LogP contribution < -0.4 is 5.32 Å². The second-order valence-corrected chi connectivity index (χ2v) is 6.89. The van der Waals surface area contributed by atoms with Crippen LogP contribution >= 0.6 is 0 Å². The van der Waals surface area contributed by atoms with Crippen molar-refractivity contribution in [1.29, 1.82) is 0 Å². The van der Waals surface area contributed by atoms with Crippen molar-refractivity contribution < 1.29 is 9.53 Å². The Kier molecular flexibility index (Phi) is 4.20. The second-order valence-electron chi connectivity index (χ2n) is 6.89. The Morgan fingerprint density at radius 1 is 1.26 bits per heavy atom. The Labute approximate surface area is 136 Å². The van der Waals surface area contributed by atoms with Crippen LogP contribution in [0.2, 0.25) is 0 Å². The third-order valence-electron chi connectivity index (χ3n) is 5.43. The van der Waals surface area contributed by atoms with Crippen molar-refractivity contribution in [2.24, 2.45) is 5.92 Å². The maximum absolute atomic E-state index is 12.5. The lowest BCUT2D eigenvalue weighted by Crippen LogP contribution is -2.50. The summed E-state index contributed by atoms with van der Waals surface area (Å²) >= 11 is 0. The van der Waals surface area contributed by atoms with E-state index in [0.29, 0.717) is 30.2 Å². The summed E-state index contributed by atoms with van der Waals surface area (Å²) in [5.74, 6) is 2.12. The molecule has 0 bridgehead atoms. The third kappa shape index (κ3) is 3.06. The zero-order chi connectivity index (χ0) is 15.6. The Hall–Kier alpha value is -1.63. The lowest BCUT2D eigenvalue weighted by Gasteiger charge is -2.37. The van der Waals surface area contributed by atoms with Crippen LogP contribution in [0.3, 0.4) is 0 Å². The highest BCUT2D eigenvalue weighted by atomic mass is 16.5. The minimum atomic E-state index is 0.0112. The second kappa shape index (κ2) is 6.47. The molecular formula is C16H25N5O2. The van der Waals surface area contributed by atoms with Crippen molar-refractivity contribution >= 4 is 6.03 Å². The van der Waals surface area contributed by atoms with Crippen molar-refractivity contribution in [3.8, 4) is 0 Å². The number of H-pyrrole nitrogens is 1. The summed E-state index contributed by atoms with van der Waals surface area (Å²) in [7, 11) is 0. The molecular weight excluding hydrogens is 294 g/mol. The van der Waals surface area contributed by atoms with Gasteiger partial charge >= 0.3 is 6.03 Å². The monoisotopic (exact) mass is 319 g/mol. The van der Waals surface area contributed by atoms with E-state index in [-0.39, 0.29) is 12.1 Å². The highest BCUT2D eigenvalue weighted by Gasteiger charge is 2.37. The van der Waals surface area contributed by atoms with E-state index >= 15 is 0 Å². The molecule has 7 heteroatoms. The summed E-state index contributed by atoms with van der Waals surface area (Å²) in [5, 5.41) is 10.1. The van der Waals surface area contributed by atoms with Gasteiger partial charge < -0.3 is 15.0 Å². The predicted octanol–water partition coefficient (Wildman–Crippen LogP) is 2.13. The lowest BCUT2D eigenvalue weighted by molar-refractivity contribution is 0.105. The molecule has 7 nitrogen and oxygen atoms in total. The molecule has 0 aromatic carbocycles. The first kappa shape index (κ1) is 14.9. The van der Waals surface area contributed by atoms with E-state index in [4.69, 9.17) is 4.74 Å². The van der Waals surface area contributed by atoms with Crippen LogP contribution in [0.4, 0.5) is 4.79 Å². The van der Waals surface area contributed by atoms with Gasteiger partial charge in [-0.2, -0.15) is 5.10 Å². The number of piperidine rings is 1. The molecule has 3 unspecified atom stereocenters. The molecule has 2 saturated heterocycles. The first-order chi connectivity index (χ1) is 11.3. The van der Waals surface area contributed by atoms with Gasteiger partial charge in [-0.3, -0.25) is 5.10 Å². The molecule has 2 N–H and O–H groups in total. The largest absolute Gasteiger partial charge is 0.370 e. The molecule has 3 fully saturated rings. The van der Waals surface area contributed by atoms with Crippen molar-refractivity contribution in [3.05, 3.63) is 11.6 Å². The Morgan fingerprint density at radius 2 is 2.17 bits per heavy atom. The minimum Gasteiger partial charge on any atom is -0.370 e. The summed E-state index contributed by atoms with van der Waals surface area (Å²) in [6.07, 6.45) is 8.14. The van der Waals surface area contributed by atoms with Crippen molar-refractivity contribution in [2.45, 2.75) is 63.6 Å². The summed E-state index contributed by atoms with van der Waals surface area (Å²) in [5.41, 5.74) is 0. The van der Waals surface area contributed by atoms with E-state index in [1.807, 2.05) is 4.90 Å². The zero-order valence-electron chi connectivity index (χ0n) is 13.5. The number of likely N-dealkylation sites (tertiary alicyclic amines) is 1. The van der Waals surface area contributed by atoms with Crippen LogP contribution in [0, 0.1) is 5.92 Å². The van der Waals surface area contributed by atoms with Crippen molar-refractivity contribution in [1.82, 2.24) is 25.4 Å². The molecule has 0 radical (unpaired) electrons. The van der Waals surface area contributed by atoms with Gasteiger partial charge in [0.2, 0.25) is 0 Å². The fourth-order valence-electron chi connectivity index (χ4n) is 4.28. The van der Waals surface area contributed by atoms with Gasteiger partial charge in [-0.05, 0) is 44.4 Å². The molecule has 1 aromatic rings. The highest BCUT2D eigenvalue weighted by molar-refractivity contribution is 5.74. The number of fused-ring (bicyclic) bond motifs is 1. The standard InChI is InChI=1S/C16H25N5O2/c22-16(21-8-2-5-11-4-1-6-12(11)21)17-10-14-18-15(20-19-14)13-7-3-9-23-13/h11-13H,1-10H2,(H,17,22)(H,18,19,20). The fraction of sp³-hybridized carbons (Fsp3) is 0.812. The Morgan fingerprint density at radius 3 is 3.04 bits per heavy atom. The number of hydrogen-bond donors (Lipinski definition) is 2. The molecule has 1 aromatic heterocycles. The van der Waals surface area contributed by atoms with Gasteiger partial charge in [-0.15, -0.1) is 0 Å². The molecule has 3 heterocycles. The van der Waals surface area contributed by atoms with Crippen LogP contribution in [-0.4, -0.2) is 45.3 Å². The average Bonchev–Trinajstić information content (AvgIpc) is 3.32. The molecule has 23 heavy (non-hydrogen) atoms. The first-order valence-corrected chi connectivity index (χ1v) is 8.88. The number of nitrogens with one attached hydrogen (secondary N) is 2. The van der Waals surface area contributed by atoms with E-state index in [1.165, 1.54) is 19.3 Å². The third-order valence-corrected chi connectivity index (χ3v) is 5.43. The molecule has 1 aliphatic carbocycles. The Balaban J connectivity index is 1.32. The molecule has 126 valence electrons. The fourth-order valence-corrected chi connectivity index (χ4v) is 4.28. The van der Waals surface area contributed by atoms with Gasteiger partial charge in [-0.1, -0.05) is 6.42 Å². The average molecular weight is 319 g/mol. The maximum atomic E-state index is 12.5. The van der Waals surface area contributed by atoms with Crippen LogP contribution in [-0.2, 0) is 11.3 Å². The van der Waals surface area contributed by atoms with Crippen molar-refractivity contribution in [2.75, 3.05) is 13.2 Å². The smallest absolute Gasteiger partial charge is 0.318 e. The minimum absolute atomic E-state index is 0.0112. The van der Waals surface area contributed by atoms with Gasteiger partial charge in [0.25, 0.3) is 0 Å². The topological polar surface area (TPSA) is 83.1 Å². The number of rotatable bonds is 3. The molecule has 2 amide bonds. The number of nitrogens with zero attached hydrogens (tertiary/aromatic N) is 3. The summed E-state index contributed by atoms with van der Waals surface area (Å²) in [6, 6.07) is 0.484. The number of carbonyl (C=O) groups excluding carboxylic acids is 1. The summed E-state index contributed by atoms with van der Waals surface area (Å²) < 4.78 is 5.58. The van der Waals surface area contributed by atoms with E-state index in [2.05, 4.69) is 20.5 Å². The number of ether oxygens (including phenoxy) is 1. The summed E-state index contributed by atoms with van der Waals surface area (Å²) in [6.45, 7) is 2.06. The van der Waals surface area contributed by atoms with Gasteiger partial charge in [0.05, 0.1) is 6.54 Å². The molecule has 3 aliphatic rings. The van der Waals surface area contributed by atoms with Crippen molar-refractivity contribution in [3.63, 3.8) is 0 Å². The van der Waals surface area contributed by atoms with E-state index in [0.717, 1.165) is 38.8 Å². The van der Waals surface area contributed by atoms with Crippen LogP contribution in [0.15, 0.2) is 0 Å². The van der Waals surface area contributed by atoms with Crippen LogP contribution in [0.25, 0.3) is 0 Å². The molecule has 1 saturated carbocycles. The highest BCUT2D eigenvalue weighted by Crippen LogP contribution is 2.36. The van der Waals surface area contributed by atoms with E-state index < -0.39 is 0 Å². The number of urea groups is 1. The van der Waals surface area contributed by atoms with Crippen LogP contribution in [0.1, 0.15) is 62.7 Å². The number of carbonyl (C=O) groups is 1. The van der Waals surface area contributed by atoms with E-state index in [9.17, 15) is 4.79 Å². The molecule has 0 spiro atoms. The molecule has 2 aliphatic heterocycles. The van der Waals surface area contributed by atoms with Gasteiger partial charge in [0, 0.05) is 19.2 Å². The quantitative estimate of drug-likeness (QED) is 0.894. The summed E-state index contributed by atoms with van der Waals surface area (Å²) in [4.78, 5) is 19.0. The first-order valence-electron chi connectivity index (χ1n) is 8.88. The van der Waals surface area contributed by atoms with Crippen LogP contribution in [0.5, 0.6) is 0 Å². The van der Waals surface area contributed by atoms with E-state index in [1.54, 1.807) is 0 Å². The van der Waals surface area contributed by atoms with Gasteiger partial charge in [0.1, 0.15) is 11.9 Å². The zero-order valence-corrected chi connectivity index (χ0v) is 13.5. The molecule has 3 atom stereocenters. The normalized spacial score (nSPS) is 30.4. The number of amides is 2. The van der Waals surface area contributed by atoms with Gasteiger partial charge in [-0.25, -0.2) is 9.78 Å². The predicted molar refractivity (Wildman–Crippen MR) is 83.6 cm³/mol. The SMILES string of the molecule is O=C(NCc1nc(C2CCCO2)n[nH]1)N1CCCC2CCCC21. The lowest BCUT2D eigenvalue weighted by atomic mass is 9.92. The van der Waals surface area contributed by atoms with Gasteiger partial charge in [0.15, 0.2) is 5.82 Å². The number of aromatic amines is 1. The Bertz CT molecular complexity index is 554. The molecule has 4 rings (SSSR count). The number of hydrogen-bond acceptors (Lipinski definition) is 4.